The first kappa shape index (κ1) is 18.8. The van der Waals surface area contributed by atoms with Crippen LogP contribution in [0, 0.1) is 26.6 Å². The van der Waals surface area contributed by atoms with Gasteiger partial charge < -0.3 is 5.32 Å². The molecule has 0 fully saturated rings. The Morgan fingerprint density at radius 3 is 2.55 bits per heavy atom. The Kier molecular flexibility index (Phi) is 4.84. The number of aromatic nitrogens is 3. The van der Waals surface area contributed by atoms with E-state index in [1.54, 1.807) is 36.0 Å². The second-order valence-corrected chi connectivity index (χ2v) is 7.25. The average molecular weight is 388 g/mol. The van der Waals surface area contributed by atoms with E-state index in [0.29, 0.717) is 40.1 Å². The van der Waals surface area contributed by atoms with Crippen molar-refractivity contribution >= 4 is 22.6 Å². The highest BCUT2D eigenvalue weighted by Crippen LogP contribution is 2.21. The van der Waals surface area contributed by atoms with Crippen LogP contribution in [0.15, 0.2) is 54.7 Å². The maximum atomic E-state index is 13.8. The monoisotopic (exact) mass is 388 g/mol. The second-order valence-electron chi connectivity index (χ2n) is 7.25. The van der Waals surface area contributed by atoms with E-state index in [4.69, 9.17) is 0 Å². The standard InChI is InChI=1S/C23H21FN4O/c1-14-4-7-17(8-5-14)13-28-22-20(12-25-28)19(10-16(3)26-22)23(29)27-18-9-6-15(2)21(24)11-18/h4-12H,13H2,1-3H3,(H,27,29). The molecule has 2 aromatic heterocycles. The number of fused-ring (bicyclic) bond motifs is 1. The smallest absolute Gasteiger partial charge is 0.256 e. The van der Waals surface area contributed by atoms with Gasteiger partial charge in [-0.3, -0.25) is 4.79 Å². The van der Waals surface area contributed by atoms with Crippen molar-refractivity contribution in [3.8, 4) is 0 Å². The molecule has 6 heteroatoms. The number of aryl methyl sites for hydroxylation is 3. The largest absolute Gasteiger partial charge is 0.322 e. The van der Waals surface area contributed by atoms with E-state index in [2.05, 4.69) is 39.7 Å². The van der Waals surface area contributed by atoms with Gasteiger partial charge in [-0.15, -0.1) is 0 Å². The molecular formula is C23H21FN4O. The van der Waals surface area contributed by atoms with Crippen molar-refractivity contribution in [3.05, 3.63) is 88.5 Å². The summed E-state index contributed by atoms with van der Waals surface area (Å²) in [5, 5.41) is 7.87. The van der Waals surface area contributed by atoms with Gasteiger partial charge in [0.1, 0.15) is 5.82 Å². The zero-order chi connectivity index (χ0) is 20.5. The molecule has 0 unspecified atom stereocenters. The number of pyridine rings is 1. The minimum Gasteiger partial charge on any atom is -0.322 e. The molecule has 0 aliphatic rings. The third-order valence-electron chi connectivity index (χ3n) is 4.86. The van der Waals surface area contributed by atoms with Gasteiger partial charge in [0, 0.05) is 11.4 Å². The zero-order valence-corrected chi connectivity index (χ0v) is 16.5. The van der Waals surface area contributed by atoms with Crippen LogP contribution in [0.3, 0.4) is 0 Å². The van der Waals surface area contributed by atoms with Crippen molar-refractivity contribution in [1.82, 2.24) is 14.8 Å². The molecular weight excluding hydrogens is 367 g/mol. The highest BCUT2D eigenvalue weighted by molar-refractivity contribution is 6.12. The molecule has 4 aromatic rings. The number of rotatable bonds is 4. The number of nitrogens with zero attached hydrogens (tertiary/aromatic N) is 3. The summed E-state index contributed by atoms with van der Waals surface area (Å²) >= 11 is 0. The van der Waals surface area contributed by atoms with Gasteiger partial charge in [0.25, 0.3) is 5.91 Å². The first-order chi connectivity index (χ1) is 13.9. The Labute approximate surface area is 168 Å². The van der Waals surface area contributed by atoms with E-state index < -0.39 is 0 Å². The Morgan fingerprint density at radius 2 is 1.83 bits per heavy atom. The highest BCUT2D eigenvalue weighted by atomic mass is 19.1. The van der Waals surface area contributed by atoms with E-state index in [-0.39, 0.29) is 11.7 Å². The maximum absolute atomic E-state index is 13.8. The van der Waals surface area contributed by atoms with Crippen molar-refractivity contribution < 1.29 is 9.18 Å². The molecule has 0 saturated carbocycles. The van der Waals surface area contributed by atoms with Crippen molar-refractivity contribution in [1.29, 1.82) is 0 Å². The lowest BCUT2D eigenvalue weighted by Gasteiger charge is -2.09. The van der Waals surface area contributed by atoms with Crippen LogP contribution in [0.5, 0.6) is 0 Å². The van der Waals surface area contributed by atoms with E-state index in [9.17, 15) is 9.18 Å². The van der Waals surface area contributed by atoms with Gasteiger partial charge in [-0.2, -0.15) is 5.10 Å². The molecule has 0 radical (unpaired) electrons. The number of carbonyl (C=O) groups is 1. The van der Waals surface area contributed by atoms with Crippen molar-refractivity contribution in [3.63, 3.8) is 0 Å². The van der Waals surface area contributed by atoms with Gasteiger partial charge in [-0.1, -0.05) is 35.9 Å². The molecule has 1 N–H and O–H groups in total. The molecule has 2 heterocycles. The summed E-state index contributed by atoms with van der Waals surface area (Å²) in [6.45, 7) is 6.12. The Bertz CT molecular complexity index is 1210. The molecule has 29 heavy (non-hydrogen) atoms. The lowest BCUT2D eigenvalue weighted by Crippen LogP contribution is -2.13. The van der Waals surface area contributed by atoms with Crippen LogP contribution in [0.25, 0.3) is 11.0 Å². The SMILES string of the molecule is Cc1ccc(Cn2ncc3c(C(=O)Nc4ccc(C)c(F)c4)cc(C)nc32)cc1. The number of nitrogens with one attached hydrogen (secondary N) is 1. The van der Waals surface area contributed by atoms with E-state index >= 15 is 0 Å². The summed E-state index contributed by atoms with van der Waals surface area (Å²) in [7, 11) is 0. The Balaban J connectivity index is 1.67. The van der Waals surface area contributed by atoms with E-state index in [1.807, 2.05) is 13.8 Å². The Morgan fingerprint density at radius 1 is 1.07 bits per heavy atom. The van der Waals surface area contributed by atoms with Gasteiger partial charge >= 0.3 is 0 Å². The fraction of sp³-hybridized carbons (Fsp3) is 0.174. The van der Waals surface area contributed by atoms with Crippen LogP contribution in [-0.2, 0) is 6.54 Å². The topological polar surface area (TPSA) is 59.8 Å². The van der Waals surface area contributed by atoms with Crippen LogP contribution in [0.2, 0.25) is 0 Å². The Hall–Kier alpha value is -3.54. The van der Waals surface area contributed by atoms with Crippen LogP contribution in [0.4, 0.5) is 10.1 Å². The number of anilines is 1. The van der Waals surface area contributed by atoms with Gasteiger partial charge in [-0.25, -0.2) is 14.1 Å². The zero-order valence-electron chi connectivity index (χ0n) is 16.5. The van der Waals surface area contributed by atoms with Gasteiger partial charge in [0.15, 0.2) is 5.65 Å². The average Bonchev–Trinajstić information content (AvgIpc) is 3.08. The van der Waals surface area contributed by atoms with Crippen LogP contribution >= 0.6 is 0 Å². The predicted octanol–water partition coefficient (Wildman–Crippen LogP) is 4.80. The van der Waals surface area contributed by atoms with Gasteiger partial charge in [-0.05, 0) is 50.1 Å². The minimum atomic E-state index is -0.357. The molecule has 5 nitrogen and oxygen atoms in total. The number of halogens is 1. The molecule has 0 aliphatic carbocycles. The molecule has 0 spiro atoms. The lowest BCUT2D eigenvalue weighted by atomic mass is 10.1. The van der Waals surface area contributed by atoms with Crippen molar-refractivity contribution in [2.75, 3.05) is 5.32 Å². The normalized spacial score (nSPS) is 11.0. The first-order valence-electron chi connectivity index (χ1n) is 9.37. The summed E-state index contributed by atoms with van der Waals surface area (Å²) in [4.78, 5) is 17.5. The summed E-state index contributed by atoms with van der Waals surface area (Å²) in [5.41, 5.74) is 5.05. The molecule has 2 aromatic carbocycles. The van der Waals surface area contributed by atoms with Crippen LogP contribution in [-0.4, -0.2) is 20.7 Å². The highest BCUT2D eigenvalue weighted by Gasteiger charge is 2.16. The maximum Gasteiger partial charge on any atom is 0.256 e. The molecule has 0 atom stereocenters. The predicted molar refractivity (Wildman–Crippen MR) is 112 cm³/mol. The van der Waals surface area contributed by atoms with Crippen LogP contribution < -0.4 is 5.32 Å². The van der Waals surface area contributed by atoms with E-state index in [1.165, 1.54) is 11.6 Å². The number of carbonyl (C=O) groups excluding carboxylic acids is 1. The van der Waals surface area contributed by atoms with Crippen LogP contribution in [0.1, 0.15) is 32.7 Å². The van der Waals surface area contributed by atoms with Gasteiger partial charge in [0.05, 0.1) is 23.7 Å². The number of amides is 1. The third-order valence-corrected chi connectivity index (χ3v) is 4.86. The number of hydrogen-bond donors (Lipinski definition) is 1. The molecule has 4 rings (SSSR count). The fourth-order valence-corrected chi connectivity index (χ4v) is 3.21. The first-order valence-corrected chi connectivity index (χ1v) is 9.37. The fourth-order valence-electron chi connectivity index (χ4n) is 3.21. The van der Waals surface area contributed by atoms with Crippen molar-refractivity contribution in [2.24, 2.45) is 0 Å². The quantitative estimate of drug-likeness (QED) is 0.546. The summed E-state index contributed by atoms with van der Waals surface area (Å²) in [5.74, 6) is -0.677. The molecule has 0 bridgehead atoms. The molecule has 1 amide bonds. The number of benzene rings is 2. The molecule has 0 saturated heterocycles. The lowest BCUT2D eigenvalue weighted by molar-refractivity contribution is 0.102. The summed E-state index contributed by atoms with van der Waals surface area (Å²) in [6.07, 6.45) is 1.65. The summed E-state index contributed by atoms with van der Waals surface area (Å²) < 4.78 is 15.6. The number of hydrogen-bond acceptors (Lipinski definition) is 3. The molecule has 146 valence electrons. The minimum absolute atomic E-state index is 0.321. The molecule has 0 aliphatic heterocycles. The van der Waals surface area contributed by atoms with Crippen molar-refractivity contribution in [2.45, 2.75) is 27.3 Å². The third kappa shape index (κ3) is 3.87. The summed E-state index contributed by atoms with van der Waals surface area (Å²) in [6, 6.07) is 14.6. The van der Waals surface area contributed by atoms with E-state index in [0.717, 1.165) is 5.56 Å². The second kappa shape index (κ2) is 7.47. The van der Waals surface area contributed by atoms with Gasteiger partial charge in [0.2, 0.25) is 0 Å².